The third-order valence-corrected chi connectivity index (χ3v) is 5.76. The van der Waals surface area contributed by atoms with E-state index in [0.29, 0.717) is 0 Å². The molecule has 0 bridgehead atoms. The Morgan fingerprint density at radius 1 is 1.45 bits per heavy atom. The maximum Gasteiger partial charge on any atom is 0.151 e. The predicted molar refractivity (Wildman–Crippen MR) is 92.0 cm³/mol. The molecule has 0 unspecified atom stereocenters. The fourth-order valence-corrected chi connectivity index (χ4v) is 4.68. The van der Waals surface area contributed by atoms with Gasteiger partial charge in [-0.3, -0.25) is 0 Å². The van der Waals surface area contributed by atoms with Crippen LogP contribution in [0, 0.1) is 0 Å². The Morgan fingerprint density at radius 2 is 2.15 bits per heavy atom. The van der Waals surface area contributed by atoms with Gasteiger partial charge in [0.15, 0.2) is 4.34 Å². The predicted octanol–water partition coefficient (Wildman–Crippen LogP) is 3.05. The number of thiazole rings is 1. The molecular formula is C15H21ClN2S2. The first-order valence-corrected chi connectivity index (χ1v) is 9.06. The van der Waals surface area contributed by atoms with Crippen LogP contribution in [0.25, 0.3) is 10.6 Å². The molecular weight excluding hydrogens is 308 g/mol. The summed E-state index contributed by atoms with van der Waals surface area (Å²) in [6, 6.07) is 0. The highest BCUT2D eigenvalue weighted by molar-refractivity contribution is 8.00. The van der Waals surface area contributed by atoms with E-state index in [-0.39, 0.29) is 0 Å². The molecule has 2 rings (SSSR count). The Labute approximate surface area is 134 Å². The number of likely N-dealkylation sites (tertiary alicyclic amines) is 1. The van der Waals surface area contributed by atoms with E-state index in [2.05, 4.69) is 25.5 Å². The molecule has 0 radical (unpaired) electrons. The first kappa shape index (κ1) is 16.1. The van der Waals surface area contributed by atoms with Crippen LogP contribution in [-0.2, 0) is 0 Å². The molecule has 2 heterocycles. The molecule has 20 heavy (non-hydrogen) atoms. The van der Waals surface area contributed by atoms with E-state index in [0.717, 1.165) is 46.4 Å². The van der Waals surface area contributed by atoms with Gasteiger partial charge >= 0.3 is 0 Å². The molecule has 1 aliphatic heterocycles. The highest BCUT2D eigenvalue weighted by Gasteiger charge is 2.15. The van der Waals surface area contributed by atoms with Crippen LogP contribution in [0.5, 0.6) is 0 Å². The molecule has 5 heteroatoms. The SMILES string of the molecule is C=C1CCN(C)CC/C1=c1\sc(SCC)n\c1=C(\C)Cl. The second kappa shape index (κ2) is 7.12. The van der Waals surface area contributed by atoms with Crippen LogP contribution in [0.3, 0.4) is 0 Å². The summed E-state index contributed by atoms with van der Waals surface area (Å²) >= 11 is 9.80. The summed E-state index contributed by atoms with van der Waals surface area (Å²) in [6.07, 6.45) is 2.06. The zero-order valence-corrected chi connectivity index (χ0v) is 14.7. The minimum atomic E-state index is 0.775. The van der Waals surface area contributed by atoms with Crippen molar-refractivity contribution in [3.8, 4) is 0 Å². The zero-order chi connectivity index (χ0) is 14.7. The molecule has 0 atom stereocenters. The van der Waals surface area contributed by atoms with E-state index >= 15 is 0 Å². The third-order valence-electron chi connectivity index (χ3n) is 3.44. The van der Waals surface area contributed by atoms with Gasteiger partial charge < -0.3 is 4.90 Å². The largest absolute Gasteiger partial charge is 0.306 e. The molecule has 0 saturated carbocycles. The molecule has 0 amide bonds. The molecule has 1 aromatic heterocycles. The van der Waals surface area contributed by atoms with E-state index < -0.39 is 0 Å². The summed E-state index contributed by atoms with van der Waals surface area (Å²) in [5, 5.41) is 1.73. The molecule has 0 spiro atoms. The molecule has 1 aliphatic rings. The van der Waals surface area contributed by atoms with Crippen LogP contribution in [0.15, 0.2) is 16.5 Å². The molecule has 2 nitrogen and oxygen atoms in total. The Balaban J connectivity index is 2.61. The Bertz CT molecular complexity index is 614. The number of thioether (sulfide) groups is 1. The molecule has 0 aliphatic carbocycles. The summed E-state index contributed by atoms with van der Waals surface area (Å²) in [5.41, 5.74) is 2.59. The smallest absolute Gasteiger partial charge is 0.151 e. The van der Waals surface area contributed by atoms with E-state index in [9.17, 15) is 0 Å². The Morgan fingerprint density at radius 3 is 2.80 bits per heavy atom. The monoisotopic (exact) mass is 328 g/mol. The van der Waals surface area contributed by atoms with Gasteiger partial charge in [0.2, 0.25) is 0 Å². The lowest BCUT2D eigenvalue weighted by Gasteiger charge is -2.10. The Kier molecular flexibility index (Phi) is 5.73. The highest BCUT2D eigenvalue weighted by atomic mass is 35.5. The summed E-state index contributed by atoms with van der Waals surface area (Å²) in [5.74, 6) is 1.03. The van der Waals surface area contributed by atoms with E-state index in [1.807, 2.05) is 6.92 Å². The van der Waals surface area contributed by atoms with Gasteiger partial charge in [0.25, 0.3) is 0 Å². The van der Waals surface area contributed by atoms with Gasteiger partial charge in [-0.05, 0) is 43.7 Å². The van der Waals surface area contributed by atoms with Gasteiger partial charge in [0.05, 0.1) is 9.88 Å². The lowest BCUT2D eigenvalue weighted by atomic mass is 10.0. The quantitative estimate of drug-likeness (QED) is 0.776. The van der Waals surface area contributed by atoms with E-state index in [4.69, 9.17) is 16.6 Å². The van der Waals surface area contributed by atoms with Gasteiger partial charge in [0, 0.05) is 18.1 Å². The van der Waals surface area contributed by atoms with Crippen LogP contribution in [0.4, 0.5) is 0 Å². The van der Waals surface area contributed by atoms with Gasteiger partial charge in [0.1, 0.15) is 0 Å². The van der Waals surface area contributed by atoms with Crippen molar-refractivity contribution in [2.24, 2.45) is 0 Å². The van der Waals surface area contributed by atoms with Gasteiger partial charge in [-0.15, -0.1) is 11.3 Å². The summed E-state index contributed by atoms with van der Waals surface area (Å²) in [7, 11) is 2.17. The topological polar surface area (TPSA) is 16.1 Å². The average Bonchev–Trinajstić information content (AvgIpc) is 2.73. The average molecular weight is 329 g/mol. The number of hydrogen-bond acceptors (Lipinski definition) is 4. The van der Waals surface area contributed by atoms with E-state index in [1.54, 1.807) is 23.1 Å². The maximum atomic E-state index is 6.26. The van der Waals surface area contributed by atoms with Crippen molar-refractivity contribution < 1.29 is 0 Å². The highest BCUT2D eigenvalue weighted by Crippen LogP contribution is 2.23. The van der Waals surface area contributed by atoms with Crippen molar-refractivity contribution >= 4 is 45.3 Å². The van der Waals surface area contributed by atoms with Gasteiger partial charge in [-0.1, -0.05) is 36.9 Å². The van der Waals surface area contributed by atoms with Crippen LogP contribution < -0.4 is 9.88 Å². The number of aromatic nitrogens is 1. The summed E-state index contributed by atoms with van der Waals surface area (Å²) < 4.78 is 2.34. The minimum absolute atomic E-state index is 0.775. The number of hydrogen-bond donors (Lipinski definition) is 0. The molecule has 0 N–H and O–H groups in total. The zero-order valence-electron chi connectivity index (χ0n) is 12.3. The second-order valence-corrected chi connectivity index (χ2v) is 8.09. The molecule has 110 valence electrons. The second-order valence-electron chi connectivity index (χ2n) is 5.01. The first-order chi connectivity index (χ1) is 9.52. The normalized spacial score (nSPS) is 21.9. The molecule has 0 aromatic carbocycles. The summed E-state index contributed by atoms with van der Waals surface area (Å²) in [6.45, 7) is 10.5. The van der Waals surface area contributed by atoms with Gasteiger partial charge in [-0.2, -0.15) is 0 Å². The summed E-state index contributed by atoms with van der Waals surface area (Å²) in [4.78, 5) is 7.05. The fraction of sp³-hybridized carbons (Fsp3) is 0.533. The first-order valence-electron chi connectivity index (χ1n) is 6.88. The van der Waals surface area contributed by atoms with Crippen molar-refractivity contribution in [3.63, 3.8) is 0 Å². The molecule has 1 aromatic rings. The Hall–Kier alpha value is -0.290. The third kappa shape index (κ3) is 3.67. The lowest BCUT2D eigenvalue weighted by Crippen LogP contribution is -2.25. The van der Waals surface area contributed by atoms with Crippen LogP contribution in [-0.4, -0.2) is 35.8 Å². The van der Waals surface area contributed by atoms with Crippen LogP contribution in [0.2, 0.25) is 0 Å². The minimum Gasteiger partial charge on any atom is -0.306 e. The lowest BCUT2D eigenvalue weighted by molar-refractivity contribution is 0.356. The fourth-order valence-electron chi connectivity index (χ4n) is 2.27. The van der Waals surface area contributed by atoms with Crippen LogP contribution in [0.1, 0.15) is 26.7 Å². The maximum absolute atomic E-state index is 6.26. The molecule has 1 saturated heterocycles. The molecule has 1 fully saturated rings. The number of rotatable bonds is 2. The number of nitrogens with zero attached hydrogens (tertiary/aromatic N) is 2. The van der Waals surface area contributed by atoms with Crippen molar-refractivity contribution in [2.45, 2.75) is 31.0 Å². The standard InChI is InChI=1S/C15H21ClN2S2/c1-5-19-15-17-13(11(3)16)14(20-15)12-7-9-18(4)8-6-10(12)2/h2,5-9H2,1,3-4H3/b13-11-,14-12+. The van der Waals surface area contributed by atoms with Crippen molar-refractivity contribution in [1.29, 1.82) is 0 Å². The van der Waals surface area contributed by atoms with Crippen molar-refractivity contribution in [2.75, 3.05) is 25.9 Å². The van der Waals surface area contributed by atoms with Crippen molar-refractivity contribution in [1.82, 2.24) is 9.88 Å². The van der Waals surface area contributed by atoms with Crippen molar-refractivity contribution in [3.05, 3.63) is 22.0 Å². The number of halogens is 1. The van der Waals surface area contributed by atoms with Crippen LogP contribution >= 0.6 is 34.7 Å². The van der Waals surface area contributed by atoms with E-state index in [1.165, 1.54) is 15.7 Å². The van der Waals surface area contributed by atoms with Gasteiger partial charge in [-0.25, -0.2) is 4.98 Å².